The van der Waals surface area contributed by atoms with E-state index in [1.165, 1.54) is 0 Å². The fraction of sp³-hybridized carbons (Fsp3) is 0.375. The summed E-state index contributed by atoms with van der Waals surface area (Å²) < 4.78 is 3.56. The lowest BCUT2D eigenvalue weighted by molar-refractivity contribution is 0.0874. The highest BCUT2D eigenvalue weighted by molar-refractivity contribution is 6.00. The first-order chi connectivity index (χ1) is 11.7. The average Bonchev–Trinajstić information content (AvgIpc) is 3.29. The lowest BCUT2D eigenvalue weighted by Gasteiger charge is -2.16. The molecule has 124 valence electrons. The summed E-state index contributed by atoms with van der Waals surface area (Å²) >= 11 is 0. The SMILES string of the molecule is O=C(N[C@@H]1CC(Cn2ccnc2)C[C@H]1O)c1cccn2nncc12. The van der Waals surface area contributed by atoms with Gasteiger partial charge in [0.2, 0.25) is 0 Å². The van der Waals surface area contributed by atoms with E-state index in [4.69, 9.17) is 0 Å². The molecule has 0 bridgehead atoms. The highest BCUT2D eigenvalue weighted by atomic mass is 16.3. The van der Waals surface area contributed by atoms with Gasteiger partial charge in [-0.3, -0.25) is 4.79 Å². The number of aromatic nitrogens is 5. The number of fused-ring (bicyclic) bond motifs is 1. The van der Waals surface area contributed by atoms with E-state index >= 15 is 0 Å². The van der Waals surface area contributed by atoms with Crippen LogP contribution in [0.2, 0.25) is 0 Å². The fourth-order valence-corrected chi connectivity index (χ4v) is 3.41. The predicted octanol–water partition coefficient (Wildman–Crippen LogP) is 0.495. The van der Waals surface area contributed by atoms with Gasteiger partial charge in [0.25, 0.3) is 5.91 Å². The van der Waals surface area contributed by atoms with Crippen molar-refractivity contribution in [1.29, 1.82) is 0 Å². The third-order valence-corrected chi connectivity index (χ3v) is 4.56. The van der Waals surface area contributed by atoms with Gasteiger partial charge in [-0.15, -0.1) is 5.10 Å². The fourth-order valence-electron chi connectivity index (χ4n) is 3.41. The molecule has 1 fully saturated rings. The number of carbonyl (C=O) groups is 1. The van der Waals surface area contributed by atoms with Crippen LogP contribution in [0.15, 0.2) is 43.2 Å². The molecule has 3 heterocycles. The van der Waals surface area contributed by atoms with E-state index in [-0.39, 0.29) is 11.9 Å². The van der Waals surface area contributed by atoms with E-state index in [1.807, 2.05) is 10.8 Å². The Bertz CT molecular complexity index is 843. The summed E-state index contributed by atoms with van der Waals surface area (Å²) in [5, 5.41) is 21.0. The maximum atomic E-state index is 12.6. The zero-order chi connectivity index (χ0) is 16.5. The number of hydrogen-bond donors (Lipinski definition) is 2. The van der Waals surface area contributed by atoms with E-state index in [9.17, 15) is 9.90 Å². The molecule has 0 saturated heterocycles. The van der Waals surface area contributed by atoms with Crippen molar-refractivity contribution in [2.75, 3.05) is 0 Å². The zero-order valence-corrected chi connectivity index (χ0v) is 13.0. The van der Waals surface area contributed by atoms with Crippen molar-refractivity contribution in [2.24, 2.45) is 5.92 Å². The van der Waals surface area contributed by atoms with Crippen LogP contribution < -0.4 is 5.32 Å². The van der Waals surface area contributed by atoms with Crippen molar-refractivity contribution in [3.8, 4) is 0 Å². The Kier molecular flexibility index (Phi) is 3.73. The van der Waals surface area contributed by atoms with Gasteiger partial charge < -0.3 is 15.0 Å². The predicted molar refractivity (Wildman–Crippen MR) is 85.2 cm³/mol. The Morgan fingerprint density at radius 3 is 3.12 bits per heavy atom. The Morgan fingerprint density at radius 1 is 1.38 bits per heavy atom. The Hall–Kier alpha value is -2.74. The number of aliphatic hydroxyl groups excluding tert-OH is 1. The van der Waals surface area contributed by atoms with Crippen LogP contribution in [0.25, 0.3) is 5.52 Å². The summed E-state index contributed by atoms with van der Waals surface area (Å²) in [6.45, 7) is 0.797. The molecule has 0 aliphatic heterocycles. The number of aliphatic hydroxyl groups is 1. The molecule has 0 radical (unpaired) electrons. The number of nitrogens with zero attached hydrogens (tertiary/aromatic N) is 5. The van der Waals surface area contributed by atoms with Crippen molar-refractivity contribution >= 4 is 11.4 Å². The van der Waals surface area contributed by atoms with Crippen LogP contribution in [-0.2, 0) is 6.54 Å². The van der Waals surface area contributed by atoms with Crippen molar-refractivity contribution in [2.45, 2.75) is 31.5 Å². The minimum Gasteiger partial charge on any atom is -0.391 e. The molecule has 4 rings (SSSR count). The number of carbonyl (C=O) groups excluding carboxylic acids is 1. The van der Waals surface area contributed by atoms with Crippen molar-refractivity contribution in [1.82, 2.24) is 29.7 Å². The molecule has 1 aliphatic carbocycles. The molecule has 1 unspecified atom stereocenters. The standard InChI is InChI=1S/C16H18N6O2/c23-15-7-11(9-21-5-3-17-10-21)6-13(15)19-16(24)12-2-1-4-22-14(12)8-18-20-22/h1-5,8,10-11,13,15,23H,6-7,9H2,(H,19,24)/t11?,13-,15-/m1/s1. The molecule has 3 aromatic heterocycles. The van der Waals surface area contributed by atoms with Gasteiger partial charge >= 0.3 is 0 Å². The van der Waals surface area contributed by atoms with Gasteiger partial charge in [0, 0.05) is 25.1 Å². The number of hydrogen-bond acceptors (Lipinski definition) is 5. The van der Waals surface area contributed by atoms with Crippen molar-refractivity contribution in [3.63, 3.8) is 0 Å². The first-order valence-electron chi connectivity index (χ1n) is 7.94. The lowest BCUT2D eigenvalue weighted by Crippen LogP contribution is -2.40. The van der Waals surface area contributed by atoms with Crippen LogP contribution in [-0.4, -0.2) is 47.5 Å². The summed E-state index contributed by atoms with van der Waals surface area (Å²) in [5.74, 6) is 0.0992. The number of amides is 1. The number of pyridine rings is 1. The summed E-state index contributed by atoms with van der Waals surface area (Å²) in [5.41, 5.74) is 1.16. The maximum Gasteiger partial charge on any atom is 0.253 e. The van der Waals surface area contributed by atoms with E-state index in [0.29, 0.717) is 23.4 Å². The molecule has 3 aromatic rings. The Balaban J connectivity index is 1.45. The van der Waals surface area contributed by atoms with E-state index in [2.05, 4.69) is 20.6 Å². The number of rotatable bonds is 4. The first-order valence-corrected chi connectivity index (χ1v) is 7.94. The molecular formula is C16H18N6O2. The summed E-state index contributed by atoms with van der Waals surface area (Å²) in [4.78, 5) is 16.6. The van der Waals surface area contributed by atoms with Gasteiger partial charge in [-0.2, -0.15) is 0 Å². The van der Waals surface area contributed by atoms with Crippen molar-refractivity contribution < 1.29 is 9.90 Å². The second kappa shape index (κ2) is 6.04. The van der Waals surface area contributed by atoms with Crippen LogP contribution in [0.5, 0.6) is 0 Å². The minimum atomic E-state index is -0.537. The topological polar surface area (TPSA) is 97.3 Å². The van der Waals surface area contributed by atoms with Gasteiger partial charge in [0.05, 0.1) is 35.8 Å². The Morgan fingerprint density at radius 2 is 2.29 bits per heavy atom. The average molecular weight is 326 g/mol. The molecule has 8 heteroatoms. The molecular weight excluding hydrogens is 308 g/mol. The molecule has 2 N–H and O–H groups in total. The first kappa shape index (κ1) is 14.8. The summed E-state index contributed by atoms with van der Waals surface area (Å²) in [7, 11) is 0. The maximum absolute atomic E-state index is 12.6. The third-order valence-electron chi connectivity index (χ3n) is 4.56. The molecule has 1 amide bonds. The summed E-state index contributed by atoms with van der Waals surface area (Å²) in [6.07, 6.45) is 9.59. The number of nitrogens with one attached hydrogen (secondary N) is 1. The quantitative estimate of drug-likeness (QED) is 0.727. The van der Waals surface area contributed by atoms with Crippen LogP contribution in [0.4, 0.5) is 0 Å². The Labute approximate surface area is 138 Å². The number of imidazole rings is 1. The van der Waals surface area contributed by atoms with Crippen LogP contribution >= 0.6 is 0 Å². The van der Waals surface area contributed by atoms with Gasteiger partial charge in [-0.1, -0.05) is 5.21 Å². The molecule has 3 atom stereocenters. The van der Waals surface area contributed by atoms with Crippen LogP contribution in [0.1, 0.15) is 23.2 Å². The largest absolute Gasteiger partial charge is 0.391 e. The second-order valence-corrected chi connectivity index (χ2v) is 6.23. The molecule has 8 nitrogen and oxygen atoms in total. The summed E-state index contributed by atoms with van der Waals surface area (Å²) in [6, 6.07) is 3.24. The smallest absolute Gasteiger partial charge is 0.253 e. The minimum absolute atomic E-state index is 0.213. The second-order valence-electron chi connectivity index (χ2n) is 6.23. The highest BCUT2D eigenvalue weighted by Gasteiger charge is 2.34. The lowest BCUT2D eigenvalue weighted by atomic mass is 10.1. The van der Waals surface area contributed by atoms with Crippen LogP contribution in [0.3, 0.4) is 0 Å². The van der Waals surface area contributed by atoms with E-state index in [0.717, 1.165) is 13.0 Å². The van der Waals surface area contributed by atoms with Gasteiger partial charge in [-0.25, -0.2) is 9.50 Å². The van der Waals surface area contributed by atoms with E-state index in [1.54, 1.807) is 41.6 Å². The molecule has 0 spiro atoms. The van der Waals surface area contributed by atoms with Gasteiger partial charge in [0.1, 0.15) is 0 Å². The van der Waals surface area contributed by atoms with Crippen molar-refractivity contribution in [3.05, 3.63) is 48.8 Å². The van der Waals surface area contributed by atoms with Gasteiger partial charge in [-0.05, 0) is 30.9 Å². The highest BCUT2D eigenvalue weighted by Crippen LogP contribution is 2.28. The normalized spacial score (nSPS) is 23.6. The van der Waals surface area contributed by atoms with E-state index < -0.39 is 6.10 Å². The van der Waals surface area contributed by atoms with Gasteiger partial charge in [0.15, 0.2) is 0 Å². The third kappa shape index (κ3) is 2.76. The molecule has 24 heavy (non-hydrogen) atoms. The monoisotopic (exact) mass is 326 g/mol. The molecule has 1 saturated carbocycles. The molecule has 0 aromatic carbocycles. The zero-order valence-electron chi connectivity index (χ0n) is 13.0. The van der Waals surface area contributed by atoms with Crippen LogP contribution in [0, 0.1) is 5.92 Å². The molecule has 1 aliphatic rings.